The van der Waals surface area contributed by atoms with Crippen LogP contribution in [0.5, 0.6) is 0 Å². The predicted octanol–water partition coefficient (Wildman–Crippen LogP) is 2.27. The molecule has 0 aliphatic rings. The number of hydrogen-bond donors (Lipinski definition) is 2. The molecule has 0 amide bonds. The van der Waals surface area contributed by atoms with Crippen LogP contribution in [0.1, 0.15) is 23.7 Å². The molecule has 3 nitrogen and oxygen atoms in total. The van der Waals surface area contributed by atoms with Crippen LogP contribution in [0.2, 0.25) is 0 Å². The molecule has 0 aliphatic heterocycles. The Hall–Kier alpha value is -0.940. The number of alkyl halides is 1. The van der Waals surface area contributed by atoms with Crippen molar-refractivity contribution < 1.29 is 19.4 Å². The zero-order valence-corrected chi connectivity index (χ0v) is 10.1. The van der Waals surface area contributed by atoms with Gasteiger partial charge in [0.15, 0.2) is 6.10 Å². The number of aryl methyl sites for hydroxylation is 1. The fourth-order valence-corrected chi connectivity index (χ4v) is 1.77. The summed E-state index contributed by atoms with van der Waals surface area (Å²) in [4.78, 5) is 10.7. The molecule has 1 unspecified atom stereocenters. The summed E-state index contributed by atoms with van der Waals surface area (Å²) >= 11 is 3.24. The summed E-state index contributed by atoms with van der Waals surface area (Å²) in [5.74, 6) is -2.12. The molecule has 88 valence electrons. The average molecular weight is 291 g/mol. The van der Waals surface area contributed by atoms with E-state index >= 15 is 0 Å². The number of rotatable bonds is 5. The number of aliphatic hydroxyl groups is 1. The molecule has 5 heteroatoms. The summed E-state index contributed by atoms with van der Waals surface area (Å²) in [7, 11) is 0. The number of halogens is 2. The monoisotopic (exact) mass is 290 g/mol. The van der Waals surface area contributed by atoms with Gasteiger partial charge in [-0.25, -0.2) is 9.18 Å². The van der Waals surface area contributed by atoms with Crippen molar-refractivity contribution in [2.24, 2.45) is 0 Å². The lowest BCUT2D eigenvalue weighted by Gasteiger charge is -2.12. The fourth-order valence-electron chi connectivity index (χ4n) is 1.49. The normalized spacial score (nSPS) is 12.4. The zero-order valence-electron chi connectivity index (χ0n) is 8.49. The van der Waals surface area contributed by atoms with Crippen molar-refractivity contribution in [1.29, 1.82) is 0 Å². The van der Waals surface area contributed by atoms with E-state index in [0.29, 0.717) is 12.0 Å². The smallest absolute Gasteiger partial charge is 0.337 e. The van der Waals surface area contributed by atoms with Crippen molar-refractivity contribution in [1.82, 2.24) is 0 Å². The Morgan fingerprint density at radius 3 is 2.75 bits per heavy atom. The van der Waals surface area contributed by atoms with Crippen LogP contribution >= 0.6 is 15.9 Å². The molecule has 0 radical (unpaired) electrons. The maximum atomic E-state index is 13.5. The fraction of sp³-hybridized carbons (Fsp3) is 0.364. The van der Waals surface area contributed by atoms with Gasteiger partial charge in [0.25, 0.3) is 0 Å². The Bertz CT molecular complexity index is 381. The van der Waals surface area contributed by atoms with E-state index in [-0.39, 0.29) is 5.56 Å². The molecule has 0 aliphatic carbocycles. The average Bonchev–Trinajstić information content (AvgIpc) is 2.25. The summed E-state index contributed by atoms with van der Waals surface area (Å²) in [6.07, 6.45) is -0.516. The molecule has 1 atom stereocenters. The number of aliphatic carboxylic acids is 1. The standard InChI is InChI=1S/C11H12BrFO3/c12-6-2-4-7-3-1-5-8(13)9(7)10(14)11(15)16/h1,3,5,10,14H,2,4,6H2,(H,15,16). The van der Waals surface area contributed by atoms with E-state index in [1.807, 2.05) is 0 Å². The lowest BCUT2D eigenvalue weighted by molar-refractivity contribution is -0.147. The van der Waals surface area contributed by atoms with Gasteiger partial charge in [-0.2, -0.15) is 0 Å². The lowest BCUT2D eigenvalue weighted by Crippen LogP contribution is -2.14. The van der Waals surface area contributed by atoms with Crippen molar-refractivity contribution in [3.8, 4) is 0 Å². The highest BCUT2D eigenvalue weighted by molar-refractivity contribution is 9.09. The van der Waals surface area contributed by atoms with Crippen LogP contribution in [0.4, 0.5) is 4.39 Å². The van der Waals surface area contributed by atoms with Crippen molar-refractivity contribution >= 4 is 21.9 Å². The molecule has 0 saturated heterocycles. The summed E-state index contributed by atoms with van der Waals surface area (Å²) < 4.78 is 13.5. The van der Waals surface area contributed by atoms with E-state index < -0.39 is 17.9 Å². The molecular weight excluding hydrogens is 279 g/mol. The predicted molar refractivity (Wildman–Crippen MR) is 61.1 cm³/mol. The van der Waals surface area contributed by atoms with Crippen molar-refractivity contribution in [3.05, 3.63) is 35.1 Å². The number of benzene rings is 1. The number of aliphatic hydroxyl groups excluding tert-OH is 1. The van der Waals surface area contributed by atoms with E-state index in [4.69, 9.17) is 5.11 Å². The van der Waals surface area contributed by atoms with Gasteiger partial charge in [-0.15, -0.1) is 0 Å². The molecule has 0 heterocycles. The van der Waals surface area contributed by atoms with Gasteiger partial charge < -0.3 is 10.2 Å². The minimum atomic E-state index is -1.80. The van der Waals surface area contributed by atoms with Crippen molar-refractivity contribution in [2.75, 3.05) is 5.33 Å². The van der Waals surface area contributed by atoms with E-state index in [2.05, 4.69) is 15.9 Å². The SMILES string of the molecule is O=C(O)C(O)c1c(F)cccc1CCCBr. The first-order valence-electron chi connectivity index (χ1n) is 4.82. The Morgan fingerprint density at radius 2 is 2.19 bits per heavy atom. The van der Waals surface area contributed by atoms with Gasteiger partial charge in [0, 0.05) is 10.9 Å². The molecule has 16 heavy (non-hydrogen) atoms. The summed E-state index contributed by atoms with van der Waals surface area (Å²) in [6.45, 7) is 0. The Morgan fingerprint density at radius 1 is 1.50 bits per heavy atom. The number of carboxylic acids is 1. The maximum Gasteiger partial charge on any atom is 0.337 e. The second-order valence-corrected chi connectivity index (χ2v) is 4.14. The number of carboxylic acid groups (broad SMARTS) is 1. The van der Waals surface area contributed by atoms with Crippen LogP contribution in [-0.2, 0) is 11.2 Å². The molecule has 0 saturated carbocycles. The molecule has 0 spiro atoms. The van der Waals surface area contributed by atoms with Crippen LogP contribution in [0.25, 0.3) is 0 Å². The van der Waals surface area contributed by atoms with E-state index in [1.54, 1.807) is 6.07 Å². The molecule has 2 N–H and O–H groups in total. The third kappa shape index (κ3) is 3.02. The summed E-state index contributed by atoms with van der Waals surface area (Å²) in [5, 5.41) is 18.8. The molecule has 1 rings (SSSR count). The van der Waals surface area contributed by atoms with Crippen molar-refractivity contribution in [3.63, 3.8) is 0 Å². The lowest BCUT2D eigenvalue weighted by atomic mass is 9.98. The first kappa shape index (κ1) is 13.1. The largest absolute Gasteiger partial charge is 0.479 e. The van der Waals surface area contributed by atoms with Gasteiger partial charge in [-0.3, -0.25) is 0 Å². The first-order valence-corrected chi connectivity index (χ1v) is 5.94. The van der Waals surface area contributed by atoms with Gasteiger partial charge in [0.05, 0.1) is 0 Å². The minimum Gasteiger partial charge on any atom is -0.479 e. The van der Waals surface area contributed by atoms with Crippen molar-refractivity contribution in [2.45, 2.75) is 18.9 Å². The molecule has 0 fully saturated rings. The van der Waals surface area contributed by atoms with Crippen LogP contribution < -0.4 is 0 Å². The van der Waals surface area contributed by atoms with Crippen LogP contribution in [-0.4, -0.2) is 21.5 Å². The van der Waals surface area contributed by atoms with Gasteiger partial charge in [-0.05, 0) is 24.5 Å². The maximum absolute atomic E-state index is 13.5. The molecule has 0 bridgehead atoms. The van der Waals surface area contributed by atoms with Gasteiger partial charge in [0.1, 0.15) is 5.82 Å². The zero-order chi connectivity index (χ0) is 12.1. The number of hydrogen-bond acceptors (Lipinski definition) is 2. The Labute approximate surface area is 101 Å². The second kappa shape index (κ2) is 5.96. The molecule has 0 aromatic heterocycles. The Balaban J connectivity index is 3.07. The van der Waals surface area contributed by atoms with E-state index in [1.165, 1.54) is 6.07 Å². The topological polar surface area (TPSA) is 57.5 Å². The van der Waals surface area contributed by atoms with Crippen LogP contribution in [0.3, 0.4) is 0 Å². The second-order valence-electron chi connectivity index (χ2n) is 3.35. The van der Waals surface area contributed by atoms with E-state index in [9.17, 15) is 14.3 Å². The highest BCUT2D eigenvalue weighted by Crippen LogP contribution is 2.23. The molecule has 1 aromatic rings. The first-order chi connectivity index (χ1) is 7.57. The quantitative estimate of drug-likeness (QED) is 0.818. The summed E-state index contributed by atoms with van der Waals surface area (Å²) in [6, 6.07) is 4.29. The third-order valence-corrected chi connectivity index (χ3v) is 2.79. The van der Waals surface area contributed by atoms with Gasteiger partial charge in [0.2, 0.25) is 0 Å². The third-order valence-electron chi connectivity index (χ3n) is 2.23. The van der Waals surface area contributed by atoms with Crippen LogP contribution in [0.15, 0.2) is 18.2 Å². The van der Waals surface area contributed by atoms with Gasteiger partial charge >= 0.3 is 5.97 Å². The van der Waals surface area contributed by atoms with Crippen LogP contribution in [0, 0.1) is 5.82 Å². The minimum absolute atomic E-state index is 0.129. The van der Waals surface area contributed by atoms with Gasteiger partial charge in [-0.1, -0.05) is 28.1 Å². The molecule has 1 aromatic carbocycles. The highest BCUT2D eigenvalue weighted by Gasteiger charge is 2.22. The summed E-state index contributed by atoms with van der Waals surface area (Å²) in [5.41, 5.74) is 0.408. The molecular formula is C11H12BrFO3. The number of carbonyl (C=O) groups is 1. The highest BCUT2D eigenvalue weighted by atomic mass is 79.9. The Kier molecular flexibility index (Phi) is 4.89. The van der Waals surface area contributed by atoms with E-state index in [0.717, 1.165) is 17.8 Å².